The van der Waals surface area contributed by atoms with E-state index in [4.69, 9.17) is 4.52 Å². The Labute approximate surface area is 157 Å². The van der Waals surface area contributed by atoms with Gasteiger partial charge in [0.25, 0.3) is 11.8 Å². The SMILES string of the molecule is Cc1cc(NC(=O)c2cccc(C(=O)Nc3ccc(N(C)C)cc3)c2)no1. The molecule has 1 heterocycles. The highest BCUT2D eigenvalue weighted by atomic mass is 16.5. The lowest BCUT2D eigenvalue weighted by atomic mass is 10.1. The van der Waals surface area contributed by atoms with Crippen LogP contribution in [-0.2, 0) is 0 Å². The van der Waals surface area contributed by atoms with Crippen molar-refractivity contribution in [3.8, 4) is 0 Å². The third kappa shape index (κ3) is 4.52. The number of aromatic nitrogens is 1. The number of amides is 2. The molecule has 0 saturated heterocycles. The summed E-state index contributed by atoms with van der Waals surface area (Å²) in [6, 6.07) is 15.6. The lowest BCUT2D eigenvalue weighted by Gasteiger charge is -2.13. The van der Waals surface area contributed by atoms with E-state index in [0.29, 0.717) is 28.4 Å². The minimum Gasteiger partial charge on any atom is -0.378 e. The topological polar surface area (TPSA) is 87.5 Å². The molecule has 0 unspecified atom stereocenters. The number of benzene rings is 2. The van der Waals surface area contributed by atoms with Crippen molar-refractivity contribution in [3.05, 3.63) is 71.5 Å². The highest BCUT2D eigenvalue weighted by Crippen LogP contribution is 2.17. The van der Waals surface area contributed by atoms with Crippen molar-refractivity contribution in [1.29, 1.82) is 0 Å². The van der Waals surface area contributed by atoms with Gasteiger partial charge >= 0.3 is 0 Å². The van der Waals surface area contributed by atoms with Crippen LogP contribution >= 0.6 is 0 Å². The van der Waals surface area contributed by atoms with E-state index in [2.05, 4.69) is 15.8 Å². The summed E-state index contributed by atoms with van der Waals surface area (Å²) in [5, 5.41) is 9.18. The third-order valence-electron chi connectivity index (χ3n) is 3.90. The van der Waals surface area contributed by atoms with Crippen LogP contribution in [0.4, 0.5) is 17.2 Å². The molecule has 0 aliphatic heterocycles. The molecule has 2 amide bonds. The smallest absolute Gasteiger partial charge is 0.256 e. The lowest BCUT2D eigenvalue weighted by molar-refractivity contribution is 0.102. The quantitative estimate of drug-likeness (QED) is 0.723. The van der Waals surface area contributed by atoms with Crippen LogP contribution in [0.2, 0.25) is 0 Å². The van der Waals surface area contributed by atoms with Gasteiger partial charge in [-0.25, -0.2) is 0 Å². The maximum atomic E-state index is 12.5. The Bertz CT molecular complexity index is 961. The average molecular weight is 364 g/mol. The molecule has 3 aromatic rings. The van der Waals surface area contributed by atoms with E-state index in [9.17, 15) is 9.59 Å². The van der Waals surface area contributed by atoms with Crippen LogP contribution in [0.15, 0.2) is 59.1 Å². The molecule has 7 nitrogen and oxygen atoms in total. The summed E-state index contributed by atoms with van der Waals surface area (Å²) < 4.78 is 4.92. The van der Waals surface area contributed by atoms with E-state index in [0.717, 1.165) is 5.69 Å². The Morgan fingerprint density at radius 3 is 2.11 bits per heavy atom. The lowest BCUT2D eigenvalue weighted by Crippen LogP contribution is -2.16. The van der Waals surface area contributed by atoms with Crippen molar-refractivity contribution >= 4 is 29.0 Å². The van der Waals surface area contributed by atoms with E-state index in [1.165, 1.54) is 6.07 Å². The fourth-order valence-corrected chi connectivity index (χ4v) is 2.46. The van der Waals surface area contributed by atoms with E-state index >= 15 is 0 Å². The Morgan fingerprint density at radius 2 is 1.56 bits per heavy atom. The molecule has 1 aromatic heterocycles. The van der Waals surface area contributed by atoms with E-state index in [1.54, 1.807) is 31.2 Å². The largest absolute Gasteiger partial charge is 0.378 e. The summed E-state index contributed by atoms with van der Waals surface area (Å²) >= 11 is 0. The Kier molecular flexibility index (Phi) is 5.21. The van der Waals surface area contributed by atoms with Gasteiger partial charge in [-0.15, -0.1) is 0 Å². The fourth-order valence-electron chi connectivity index (χ4n) is 2.46. The molecule has 0 spiro atoms. The maximum absolute atomic E-state index is 12.5. The van der Waals surface area contributed by atoms with Gasteiger partial charge in [-0.3, -0.25) is 9.59 Å². The Balaban J connectivity index is 1.70. The molecule has 7 heteroatoms. The molecular formula is C20H20N4O3. The van der Waals surface area contributed by atoms with E-state index < -0.39 is 0 Å². The fraction of sp³-hybridized carbons (Fsp3) is 0.150. The van der Waals surface area contributed by atoms with Crippen LogP contribution < -0.4 is 15.5 Å². The molecular weight excluding hydrogens is 344 g/mol. The van der Waals surface area contributed by atoms with Crippen molar-refractivity contribution < 1.29 is 14.1 Å². The van der Waals surface area contributed by atoms with Crippen molar-refractivity contribution in [2.24, 2.45) is 0 Å². The van der Waals surface area contributed by atoms with Gasteiger partial charge in [0.2, 0.25) is 0 Å². The van der Waals surface area contributed by atoms with E-state index in [-0.39, 0.29) is 11.8 Å². The Hall–Kier alpha value is -3.61. The second kappa shape index (κ2) is 7.74. The number of nitrogens with zero attached hydrogens (tertiary/aromatic N) is 2. The van der Waals surface area contributed by atoms with Gasteiger partial charge in [0, 0.05) is 42.7 Å². The number of rotatable bonds is 5. The van der Waals surface area contributed by atoms with Gasteiger partial charge < -0.3 is 20.1 Å². The van der Waals surface area contributed by atoms with Crippen molar-refractivity contribution in [2.45, 2.75) is 6.92 Å². The van der Waals surface area contributed by atoms with Crippen LogP contribution in [0, 0.1) is 6.92 Å². The van der Waals surface area contributed by atoms with Crippen LogP contribution in [0.3, 0.4) is 0 Å². The molecule has 0 fully saturated rings. The van der Waals surface area contributed by atoms with Crippen LogP contribution in [0.1, 0.15) is 26.5 Å². The number of nitrogens with one attached hydrogen (secondary N) is 2. The zero-order valence-corrected chi connectivity index (χ0v) is 15.3. The van der Waals surface area contributed by atoms with Gasteiger partial charge in [0.05, 0.1) is 0 Å². The van der Waals surface area contributed by atoms with Gasteiger partial charge in [0.1, 0.15) is 5.76 Å². The maximum Gasteiger partial charge on any atom is 0.256 e. The second-order valence-electron chi connectivity index (χ2n) is 6.25. The van der Waals surface area contributed by atoms with Crippen molar-refractivity contribution in [2.75, 3.05) is 29.6 Å². The zero-order valence-electron chi connectivity index (χ0n) is 15.3. The summed E-state index contributed by atoms with van der Waals surface area (Å²) in [5.41, 5.74) is 2.45. The van der Waals surface area contributed by atoms with Gasteiger partial charge in [0.15, 0.2) is 5.82 Å². The second-order valence-corrected chi connectivity index (χ2v) is 6.25. The summed E-state index contributed by atoms with van der Waals surface area (Å²) in [6.45, 7) is 1.73. The summed E-state index contributed by atoms with van der Waals surface area (Å²) in [6.07, 6.45) is 0. The molecule has 0 aliphatic rings. The molecule has 27 heavy (non-hydrogen) atoms. The standard InChI is InChI=1S/C20H20N4O3/c1-13-11-18(23-27-13)22-20(26)15-6-4-5-14(12-15)19(25)21-16-7-9-17(10-8-16)24(2)3/h4-12H,1-3H3,(H,21,25)(H,22,23,26). The molecule has 0 saturated carbocycles. The van der Waals surface area contributed by atoms with Crippen molar-refractivity contribution in [3.63, 3.8) is 0 Å². The first kappa shape index (κ1) is 18.2. The van der Waals surface area contributed by atoms with Crippen LogP contribution in [0.5, 0.6) is 0 Å². The molecule has 2 aromatic carbocycles. The first-order chi connectivity index (χ1) is 12.9. The minimum atomic E-state index is -0.367. The number of hydrogen-bond donors (Lipinski definition) is 2. The monoisotopic (exact) mass is 364 g/mol. The summed E-state index contributed by atoms with van der Waals surface area (Å²) in [5.74, 6) is 0.264. The number of carbonyl (C=O) groups excluding carboxylic acids is 2. The molecule has 2 N–H and O–H groups in total. The highest BCUT2D eigenvalue weighted by molar-refractivity contribution is 6.08. The van der Waals surface area contributed by atoms with Gasteiger partial charge in [-0.1, -0.05) is 11.2 Å². The van der Waals surface area contributed by atoms with Crippen molar-refractivity contribution in [1.82, 2.24) is 5.16 Å². The predicted octanol–water partition coefficient (Wildman–Crippen LogP) is 3.55. The highest BCUT2D eigenvalue weighted by Gasteiger charge is 2.12. The van der Waals surface area contributed by atoms with E-state index in [1.807, 2.05) is 43.3 Å². The first-order valence-corrected chi connectivity index (χ1v) is 8.36. The minimum absolute atomic E-state index is 0.292. The number of aryl methyl sites for hydroxylation is 1. The number of carbonyl (C=O) groups is 2. The summed E-state index contributed by atoms with van der Waals surface area (Å²) in [4.78, 5) is 26.8. The average Bonchev–Trinajstić information content (AvgIpc) is 3.07. The summed E-state index contributed by atoms with van der Waals surface area (Å²) in [7, 11) is 3.90. The predicted molar refractivity (Wildman–Crippen MR) is 104 cm³/mol. The van der Waals surface area contributed by atoms with Gasteiger partial charge in [-0.2, -0.15) is 0 Å². The molecule has 3 rings (SSSR count). The molecule has 0 atom stereocenters. The molecule has 0 bridgehead atoms. The third-order valence-corrected chi connectivity index (χ3v) is 3.90. The molecule has 0 radical (unpaired) electrons. The number of hydrogen-bond acceptors (Lipinski definition) is 5. The molecule has 0 aliphatic carbocycles. The van der Waals surface area contributed by atoms with Crippen LogP contribution in [0.25, 0.3) is 0 Å². The normalized spacial score (nSPS) is 10.3. The zero-order chi connectivity index (χ0) is 19.4. The Morgan fingerprint density at radius 1 is 0.926 bits per heavy atom. The first-order valence-electron chi connectivity index (χ1n) is 8.36. The molecule has 138 valence electrons. The van der Waals surface area contributed by atoms with Crippen LogP contribution in [-0.4, -0.2) is 31.1 Å². The van der Waals surface area contributed by atoms with Gasteiger partial charge in [-0.05, 0) is 49.4 Å². The number of anilines is 3.